The van der Waals surface area contributed by atoms with Crippen molar-refractivity contribution >= 4 is 5.97 Å². The van der Waals surface area contributed by atoms with E-state index in [4.69, 9.17) is 5.11 Å². The Hall–Kier alpha value is -2.62. The third-order valence-corrected chi connectivity index (χ3v) is 3.24. The van der Waals surface area contributed by atoms with E-state index in [0.717, 1.165) is 31.2 Å². The summed E-state index contributed by atoms with van der Waals surface area (Å²) in [6, 6.07) is 4.13. The van der Waals surface area contributed by atoms with Crippen LogP contribution in [0.5, 0.6) is 0 Å². The van der Waals surface area contributed by atoms with Crippen LogP contribution in [0.4, 0.5) is 17.6 Å². The molecule has 1 heterocycles. The second-order valence-corrected chi connectivity index (χ2v) is 4.74. The standard InChI is InChI=1S/C13H10F4N2O4/c1-6-9(12(23,11(21)22)13(15,16)17)10(20)19(18-6)8-4-2-7(14)3-5-8/h2-5,18,23H,1H3,(H,21,22). The van der Waals surface area contributed by atoms with Gasteiger partial charge in [0, 0.05) is 5.69 Å². The number of rotatable bonds is 3. The summed E-state index contributed by atoms with van der Waals surface area (Å²) in [4.78, 5) is 23.2. The number of aliphatic hydroxyl groups is 1. The second-order valence-electron chi connectivity index (χ2n) is 4.74. The number of H-pyrrole nitrogens is 1. The smallest absolute Gasteiger partial charge is 0.432 e. The van der Waals surface area contributed by atoms with Gasteiger partial charge >= 0.3 is 12.1 Å². The first kappa shape index (κ1) is 16.7. The van der Waals surface area contributed by atoms with Crippen molar-refractivity contribution in [3.05, 3.63) is 51.7 Å². The Morgan fingerprint density at radius 3 is 2.17 bits per heavy atom. The minimum absolute atomic E-state index is 0.0272. The van der Waals surface area contributed by atoms with Crippen molar-refractivity contribution in [1.29, 1.82) is 0 Å². The molecule has 1 unspecified atom stereocenters. The molecular weight excluding hydrogens is 324 g/mol. The van der Waals surface area contributed by atoms with E-state index >= 15 is 0 Å². The highest BCUT2D eigenvalue weighted by atomic mass is 19.4. The highest BCUT2D eigenvalue weighted by Gasteiger charge is 2.64. The van der Waals surface area contributed by atoms with Gasteiger partial charge in [-0.2, -0.15) is 13.2 Å². The van der Waals surface area contributed by atoms with Gasteiger partial charge < -0.3 is 10.2 Å². The van der Waals surface area contributed by atoms with Crippen molar-refractivity contribution in [3.63, 3.8) is 0 Å². The molecular formula is C13H10F4N2O4. The quantitative estimate of drug-likeness (QED) is 0.741. The summed E-state index contributed by atoms with van der Waals surface area (Å²) in [7, 11) is 0. The van der Waals surface area contributed by atoms with Crippen molar-refractivity contribution in [1.82, 2.24) is 9.78 Å². The Morgan fingerprint density at radius 2 is 1.74 bits per heavy atom. The zero-order valence-corrected chi connectivity index (χ0v) is 11.5. The van der Waals surface area contributed by atoms with Crippen LogP contribution in [0.15, 0.2) is 29.1 Å². The molecule has 0 amide bonds. The number of carbonyl (C=O) groups is 1. The van der Waals surface area contributed by atoms with E-state index in [1.165, 1.54) is 0 Å². The maximum absolute atomic E-state index is 13.0. The van der Waals surface area contributed by atoms with Crippen LogP contribution in [-0.4, -0.2) is 32.1 Å². The number of nitrogens with zero attached hydrogens (tertiary/aromatic N) is 1. The summed E-state index contributed by atoms with van der Waals surface area (Å²) in [5.41, 5.74) is -7.64. The fourth-order valence-electron chi connectivity index (χ4n) is 2.11. The van der Waals surface area contributed by atoms with E-state index in [2.05, 4.69) is 5.10 Å². The molecule has 0 radical (unpaired) electrons. The number of halogens is 4. The van der Waals surface area contributed by atoms with Crippen LogP contribution in [0.1, 0.15) is 11.3 Å². The molecule has 23 heavy (non-hydrogen) atoms. The third kappa shape index (κ3) is 2.50. The van der Waals surface area contributed by atoms with Gasteiger partial charge in [0.25, 0.3) is 11.2 Å². The van der Waals surface area contributed by atoms with Crippen LogP contribution in [0, 0.1) is 12.7 Å². The van der Waals surface area contributed by atoms with Crippen molar-refractivity contribution in [2.24, 2.45) is 0 Å². The summed E-state index contributed by atoms with van der Waals surface area (Å²) in [6.45, 7) is 1.01. The van der Waals surface area contributed by atoms with Crippen molar-refractivity contribution in [2.75, 3.05) is 0 Å². The molecule has 2 aromatic rings. The molecule has 0 bridgehead atoms. The largest absolute Gasteiger partial charge is 0.479 e. The molecule has 2 rings (SSSR count). The van der Waals surface area contributed by atoms with Crippen molar-refractivity contribution in [2.45, 2.75) is 18.7 Å². The number of hydrogen-bond acceptors (Lipinski definition) is 3. The van der Waals surface area contributed by atoms with Gasteiger partial charge in [0.15, 0.2) is 0 Å². The topological polar surface area (TPSA) is 95.3 Å². The number of nitrogens with one attached hydrogen (secondary N) is 1. The lowest BCUT2D eigenvalue weighted by atomic mass is 9.93. The molecule has 0 spiro atoms. The zero-order valence-electron chi connectivity index (χ0n) is 11.5. The number of aliphatic carboxylic acids is 1. The lowest BCUT2D eigenvalue weighted by Crippen LogP contribution is -2.52. The number of hydrogen-bond donors (Lipinski definition) is 3. The van der Waals surface area contributed by atoms with Crippen LogP contribution in [-0.2, 0) is 10.4 Å². The Kier molecular flexibility index (Phi) is 3.81. The van der Waals surface area contributed by atoms with E-state index in [0.29, 0.717) is 4.68 Å². The van der Waals surface area contributed by atoms with Crippen LogP contribution in [0.25, 0.3) is 5.69 Å². The fourth-order valence-corrected chi connectivity index (χ4v) is 2.11. The van der Waals surface area contributed by atoms with E-state index in [-0.39, 0.29) is 5.69 Å². The van der Waals surface area contributed by atoms with Gasteiger partial charge in [-0.15, -0.1) is 0 Å². The molecule has 0 aliphatic carbocycles. The molecule has 1 atom stereocenters. The van der Waals surface area contributed by atoms with E-state index in [9.17, 15) is 32.3 Å². The first-order chi connectivity index (χ1) is 10.5. The highest BCUT2D eigenvalue weighted by Crippen LogP contribution is 2.39. The van der Waals surface area contributed by atoms with Crippen LogP contribution in [0.3, 0.4) is 0 Å². The van der Waals surface area contributed by atoms with Crippen molar-refractivity contribution < 1.29 is 32.6 Å². The lowest BCUT2D eigenvalue weighted by molar-refractivity contribution is -0.265. The highest BCUT2D eigenvalue weighted by molar-refractivity contribution is 5.80. The first-order valence-corrected chi connectivity index (χ1v) is 6.10. The predicted molar refractivity (Wildman–Crippen MR) is 68.7 cm³/mol. The summed E-state index contributed by atoms with van der Waals surface area (Å²) < 4.78 is 52.5. The van der Waals surface area contributed by atoms with Crippen LogP contribution in [0.2, 0.25) is 0 Å². The number of benzene rings is 1. The van der Waals surface area contributed by atoms with Gasteiger partial charge in [0.1, 0.15) is 5.82 Å². The minimum Gasteiger partial charge on any atom is -0.479 e. The summed E-state index contributed by atoms with van der Waals surface area (Å²) in [5.74, 6) is -3.27. The molecule has 0 aliphatic heterocycles. The molecule has 1 aromatic carbocycles. The number of alkyl halides is 3. The Bertz CT molecular complexity index is 807. The van der Waals surface area contributed by atoms with Gasteiger partial charge in [-0.3, -0.25) is 9.89 Å². The minimum atomic E-state index is -5.62. The van der Waals surface area contributed by atoms with Gasteiger partial charge in [-0.05, 0) is 31.2 Å². The number of carboxylic acids is 1. The summed E-state index contributed by atoms with van der Waals surface area (Å²) in [6.07, 6.45) is -5.62. The van der Waals surface area contributed by atoms with Gasteiger partial charge in [0.2, 0.25) is 0 Å². The fraction of sp³-hybridized carbons (Fsp3) is 0.231. The lowest BCUT2D eigenvalue weighted by Gasteiger charge is -2.24. The molecule has 3 N–H and O–H groups in total. The van der Waals surface area contributed by atoms with Gasteiger partial charge in [0.05, 0.1) is 11.3 Å². The van der Waals surface area contributed by atoms with Crippen LogP contribution >= 0.6 is 0 Å². The van der Waals surface area contributed by atoms with Gasteiger partial charge in [-0.25, -0.2) is 13.9 Å². The molecule has 124 valence electrons. The van der Waals surface area contributed by atoms with Gasteiger partial charge in [-0.1, -0.05) is 0 Å². The predicted octanol–water partition coefficient (Wildman–Crippen LogP) is 1.45. The number of aromatic amines is 1. The van der Waals surface area contributed by atoms with E-state index in [1.54, 1.807) is 0 Å². The van der Waals surface area contributed by atoms with Crippen LogP contribution < -0.4 is 5.56 Å². The first-order valence-electron chi connectivity index (χ1n) is 6.10. The maximum Gasteiger partial charge on any atom is 0.432 e. The molecule has 0 fully saturated rings. The molecule has 6 nitrogen and oxygen atoms in total. The average molecular weight is 334 g/mol. The van der Waals surface area contributed by atoms with Crippen molar-refractivity contribution in [3.8, 4) is 5.69 Å². The zero-order chi connectivity index (χ0) is 17.6. The normalized spacial score (nSPS) is 14.5. The molecule has 0 saturated carbocycles. The monoisotopic (exact) mass is 334 g/mol. The number of carboxylic acid groups (broad SMARTS) is 1. The molecule has 1 aromatic heterocycles. The molecule has 0 aliphatic rings. The second kappa shape index (κ2) is 5.23. The molecule has 0 saturated heterocycles. The SMILES string of the molecule is Cc1[nH]n(-c2ccc(F)cc2)c(=O)c1C(O)(C(=O)O)C(F)(F)F. The maximum atomic E-state index is 13.0. The molecule has 10 heteroatoms. The third-order valence-electron chi connectivity index (χ3n) is 3.24. The average Bonchev–Trinajstić information content (AvgIpc) is 2.73. The van der Waals surface area contributed by atoms with E-state index in [1.807, 2.05) is 0 Å². The Morgan fingerprint density at radius 1 is 1.22 bits per heavy atom. The van der Waals surface area contributed by atoms with E-state index < -0.39 is 40.4 Å². The number of aromatic nitrogens is 2. The Balaban J connectivity index is 2.73. The summed E-state index contributed by atoms with van der Waals surface area (Å²) >= 11 is 0. The number of aryl methyl sites for hydroxylation is 1. The summed E-state index contributed by atoms with van der Waals surface area (Å²) in [5, 5.41) is 20.7. The Labute approximate surface area is 125 Å².